The van der Waals surface area contributed by atoms with Gasteiger partial charge in [-0.05, 0) is 30.3 Å². The summed E-state index contributed by atoms with van der Waals surface area (Å²) in [7, 11) is 1.50. The Morgan fingerprint density at radius 1 is 1.19 bits per heavy atom. The fourth-order valence-corrected chi connectivity index (χ4v) is 3.03. The van der Waals surface area contributed by atoms with E-state index in [0.29, 0.717) is 32.1 Å². The Hall–Kier alpha value is -2.90. The number of halogens is 2. The summed E-state index contributed by atoms with van der Waals surface area (Å²) in [6, 6.07) is 9.49. The van der Waals surface area contributed by atoms with Crippen molar-refractivity contribution in [2.75, 3.05) is 18.9 Å². The molecule has 2 aromatic carbocycles. The van der Waals surface area contributed by atoms with E-state index in [9.17, 15) is 14.4 Å². The average molecular weight is 405 g/mol. The van der Waals surface area contributed by atoms with Crippen molar-refractivity contribution in [3.63, 3.8) is 0 Å². The second kappa shape index (κ2) is 7.77. The predicted octanol–water partition coefficient (Wildman–Crippen LogP) is 2.94. The topological polar surface area (TPSA) is 95.2 Å². The van der Waals surface area contributed by atoms with Gasteiger partial charge in [0, 0.05) is 18.0 Å². The molecule has 0 aliphatic rings. The molecule has 138 valence electrons. The molecule has 0 aliphatic carbocycles. The number of hydrogen-bond acceptors (Lipinski definition) is 4. The largest absolute Gasteiger partial charge is 0.332 e. The van der Waals surface area contributed by atoms with E-state index < -0.39 is 5.91 Å². The van der Waals surface area contributed by atoms with E-state index in [-0.39, 0.29) is 18.0 Å². The van der Waals surface area contributed by atoms with E-state index in [0.717, 1.165) is 0 Å². The number of anilines is 1. The standard InChI is InChI=1S/C18H14Cl2N4O3/c1-24(9-15(25)22-16-13(19)3-2-4-14(16)20)18(27)10-5-6-12-11(7-10)8-21-23-17(12)26/h2-8H,9H2,1H3,(H,22,25)(H,23,26). The molecule has 0 radical (unpaired) electrons. The number of likely N-dealkylation sites (N-methyl/N-ethyl adjacent to an activating group) is 1. The number of nitrogens with zero attached hydrogens (tertiary/aromatic N) is 2. The third kappa shape index (κ3) is 4.10. The van der Waals surface area contributed by atoms with E-state index in [1.807, 2.05) is 0 Å². The lowest BCUT2D eigenvalue weighted by Crippen LogP contribution is -2.35. The van der Waals surface area contributed by atoms with Crippen LogP contribution in [-0.2, 0) is 4.79 Å². The molecule has 0 fully saturated rings. The Balaban J connectivity index is 1.74. The van der Waals surface area contributed by atoms with Crippen molar-refractivity contribution in [2.24, 2.45) is 0 Å². The molecule has 0 atom stereocenters. The summed E-state index contributed by atoms with van der Waals surface area (Å²) >= 11 is 12.0. The zero-order chi connectivity index (χ0) is 19.6. The van der Waals surface area contributed by atoms with Crippen LogP contribution in [0.2, 0.25) is 10.0 Å². The average Bonchev–Trinajstić information content (AvgIpc) is 2.64. The second-order valence-electron chi connectivity index (χ2n) is 5.81. The van der Waals surface area contributed by atoms with Crippen molar-refractivity contribution in [1.29, 1.82) is 0 Å². The van der Waals surface area contributed by atoms with Crippen LogP contribution in [0.4, 0.5) is 5.69 Å². The third-order valence-corrected chi connectivity index (χ3v) is 4.50. The number of H-pyrrole nitrogens is 1. The predicted molar refractivity (Wildman–Crippen MR) is 104 cm³/mol. The maximum absolute atomic E-state index is 12.6. The Morgan fingerprint density at radius 3 is 2.59 bits per heavy atom. The maximum atomic E-state index is 12.6. The number of carbonyl (C=O) groups excluding carboxylic acids is 2. The van der Waals surface area contributed by atoms with Gasteiger partial charge in [0.1, 0.15) is 0 Å². The first-order valence-corrected chi connectivity index (χ1v) is 8.59. The van der Waals surface area contributed by atoms with Crippen molar-refractivity contribution in [3.8, 4) is 0 Å². The van der Waals surface area contributed by atoms with Gasteiger partial charge in [0.15, 0.2) is 0 Å². The van der Waals surface area contributed by atoms with Crippen LogP contribution in [0.5, 0.6) is 0 Å². The lowest BCUT2D eigenvalue weighted by molar-refractivity contribution is -0.116. The van der Waals surface area contributed by atoms with E-state index in [4.69, 9.17) is 23.2 Å². The normalized spacial score (nSPS) is 10.6. The molecule has 0 aliphatic heterocycles. The smallest absolute Gasteiger partial charge is 0.272 e. The number of carbonyl (C=O) groups is 2. The highest BCUT2D eigenvalue weighted by atomic mass is 35.5. The number of hydrogen-bond donors (Lipinski definition) is 2. The molecule has 0 unspecified atom stereocenters. The van der Waals surface area contributed by atoms with E-state index in [2.05, 4.69) is 15.5 Å². The van der Waals surface area contributed by atoms with Gasteiger partial charge in [-0.3, -0.25) is 14.4 Å². The lowest BCUT2D eigenvalue weighted by atomic mass is 10.1. The summed E-state index contributed by atoms with van der Waals surface area (Å²) < 4.78 is 0. The molecule has 0 bridgehead atoms. The van der Waals surface area contributed by atoms with Gasteiger partial charge in [-0.15, -0.1) is 0 Å². The quantitative estimate of drug-likeness (QED) is 0.698. The Morgan fingerprint density at radius 2 is 1.89 bits per heavy atom. The molecular formula is C18H14Cl2N4O3. The fraction of sp³-hybridized carbons (Fsp3) is 0.111. The molecule has 1 aromatic heterocycles. The molecule has 0 saturated carbocycles. The van der Waals surface area contributed by atoms with Gasteiger partial charge in [0.2, 0.25) is 5.91 Å². The molecule has 3 aromatic rings. The molecule has 1 heterocycles. The van der Waals surface area contributed by atoms with Gasteiger partial charge >= 0.3 is 0 Å². The highest BCUT2D eigenvalue weighted by Crippen LogP contribution is 2.29. The monoisotopic (exact) mass is 404 g/mol. The number of rotatable bonds is 4. The molecule has 27 heavy (non-hydrogen) atoms. The number of aromatic amines is 1. The molecule has 0 saturated heterocycles. The summed E-state index contributed by atoms with van der Waals surface area (Å²) in [5, 5.41) is 10.2. The molecular weight excluding hydrogens is 391 g/mol. The number of aromatic nitrogens is 2. The van der Waals surface area contributed by atoms with Crippen molar-refractivity contribution >= 4 is 51.5 Å². The summed E-state index contributed by atoms with van der Waals surface area (Å²) in [6.07, 6.45) is 1.46. The molecule has 2 N–H and O–H groups in total. The number of nitrogens with one attached hydrogen (secondary N) is 2. The minimum atomic E-state index is -0.445. The fourth-order valence-electron chi connectivity index (χ4n) is 2.53. The maximum Gasteiger partial charge on any atom is 0.272 e. The van der Waals surface area contributed by atoms with Crippen LogP contribution in [0.25, 0.3) is 10.8 Å². The second-order valence-corrected chi connectivity index (χ2v) is 6.62. The van der Waals surface area contributed by atoms with Crippen LogP contribution in [0.3, 0.4) is 0 Å². The van der Waals surface area contributed by atoms with Gasteiger partial charge in [0.25, 0.3) is 11.5 Å². The SMILES string of the molecule is CN(CC(=O)Nc1c(Cl)cccc1Cl)C(=O)c1ccc2c(=O)[nH]ncc2c1. The minimum Gasteiger partial charge on any atom is -0.332 e. The van der Waals surface area contributed by atoms with Crippen LogP contribution < -0.4 is 10.9 Å². The molecule has 2 amide bonds. The van der Waals surface area contributed by atoms with Gasteiger partial charge in [-0.2, -0.15) is 5.10 Å². The molecule has 3 rings (SSSR count). The van der Waals surface area contributed by atoms with Crippen LogP contribution in [0.1, 0.15) is 10.4 Å². The molecule has 7 nitrogen and oxygen atoms in total. The van der Waals surface area contributed by atoms with Gasteiger partial charge in [-0.25, -0.2) is 5.10 Å². The van der Waals surface area contributed by atoms with Crippen LogP contribution in [-0.4, -0.2) is 40.5 Å². The van der Waals surface area contributed by atoms with Crippen molar-refractivity contribution in [2.45, 2.75) is 0 Å². The van der Waals surface area contributed by atoms with E-state index in [1.165, 1.54) is 24.2 Å². The Labute approximate surface area is 163 Å². The van der Waals surface area contributed by atoms with Crippen LogP contribution in [0.15, 0.2) is 47.4 Å². The molecule has 0 spiro atoms. The van der Waals surface area contributed by atoms with Crippen molar-refractivity contribution in [1.82, 2.24) is 15.1 Å². The van der Waals surface area contributed by atoms with Gasteiger partial charge in [-0.1, -0.05) is 29.3 Å². The first-order chi connectivity index (χ1) is 12.9. The summed E-state index contributed by atoms with van der Waals surface area (Å²) in [4.78, 5) is 37.8. The highest BCUT2D eigenvalue weighted by Gasteiger charge is 2.17. The number of amides is 2. The number of para-hydroxylation sites is 1. The van der Waals surface area contributed by atoms with Crippen LogP contribution in [0, 0.1) is 0 Å². The summed E-state index contributed by atoms with van der Waals surface area (Å²) in [5.74, 6) is -0.822. The van der Waals surface area contributed by atoms with E-state index >= 15 is 0 Å². The highest BCUT2D eigenvalue weighted by molar-refractivity contribution is 6.39. The van der Waals surface area contributed by atoms with Gasteiger partial charge in [0.05, 0.1) is 33.9 Å². The van der Waals surface area contributed by atoms with Gasteiger partial charge < -0.3 is 10.2 Å². The summed E-state index contributed by atoms with van der Waals surface area (Å²) in [5.41, 5.74) is 0.291. The lowest BCUT2D eigenvalue weighted by Gasteiger charge is -2.17. The summed E-state index contributed by atoms with van der Waals surface area (Å²) in [6.45, 7) is -0.202. The minimum absolute atomic E-state index is 0.202. The zero-order valence-electron chi connectivity index (χ0n) is 14.1. The van der Waals surface area contributed by atoms with E-state index in [1.54, 1.807) is 30.3 Å². The first kappa shape index (κ1) is 18.9. The number of benzene rings is 2. The van der Waals surface area contributed by atoms with Crippen molar-refractivity contribution < 1.29 is 9.59 Å². The Bertz CT molecular complexity index is 1080. The zero-order valence-corrected chi connectivity index (χ0v) is 15.6. The number of fused-ring (bicyclic) bond motifs is 1. The van der Waals surface area contributed by atoms with Crippen molar-refractivity contribution in [3.05, 3.63) is 68.6 Å². The van der Waals surface area contributed by atoms with Crippen LogP contribution >= 0.6 is 23.2 Å². The first-order valence-electron chi connectivity index (χ1n) is 7.83. The Kier molecular flexibility index (Phi) is 5.43. The molecule has 9 heteroatoms. The third-order valence-electron chi connectivity index (χ3n) is 3.87.